The van der Waals surface area contributed by atoms with E-state index in [1.165, 1.54) is 180 Å². The van der Waals surface area contributed by atoms with Crippen LogP contribution in [0.3, 0.4) is 0 Å². The maximum atomic E-state index is 12.8. The topological polar surface area (TPSA) is 78.9 Å². The summed E-state index contributed by atoms with van der Waals surface area (Å²) in [5, 5.41) is 0. The van der Waals surface area contributed by atoms with Crippen LogP contribution < -0.4 is 0 Å². The number of allylic oxidation sites excluding steroid dienone is 6. The van der Waals surface area contributed by atoms with Crippen LogP contribution in [-0.2, 0) is 28.6 Å². The summed E-state index contributed by atoms with van der Waals surface area (Å²) in [4.78, 5) is 38.0. The predicted octanol–water partition coefficient (Wildman–Crippen LogP) is 18.1. The highest BCUT2D eigenvalue weighted by atomic mass is 16.6. The molecule has 0 aliphatic carbocycles. The second-order valence-corrected chi connectivity index (χ2v) is 18.5. The van der Waals surface area contributed by atoms with Crippen LogP contribution in [0.2, 0.25) is 0 Å². The summed E-state index contributed by atoms with van der Waals surface area (Å²) in [7, 11) is 0. The molecule has 6 heteroatoms. The molecule has 0 rings (SSSR count). The van der Waals surface area contributed by atoms with Crippen LogP contribution in [0.4, 0.5) is 0 Å². The van der Waals surface area contributed by atoms with E-state index in [9.17, 15) is 14.4 Å². The summed E-state index contributed by atoms with van der Waals surface area (Å²) in [5.74, 6) is -0.874. The lowest BCUT2D eigenvalue weighted by molar-refractivity contribution is -0.167. The molecule has 0 aromatic carbocycles. The van der Waals surface area contributed by atoms with Gasteiger partial charge < -0.3 is 14.2 Å². The summed E-state index contributed by atoms with van der Waals surface area (Å²) in [5.41, 5.74) is 0. The molecule has 0 saturated heterocycles. The number of carbonyl (C=O) groups excluding carboxylic acids is 3. The van der Waals surface area contributed by atoms with Crippen molar-refractivity contribution in [3.05, 3.63) is 36.5 Å². The van der Waals surface area contributed by atoms with E-state index in [1.807, 2.05) is 0 Å². The van der Waals surface area contributed by atoms with Crippen LogP contribution in [0.25, 0.3) is 0 Å². The van der Waals surface area contributed by atoms with Crippen LogP contribution in [0.5, 0.6) is 0 Å². The van der Waals surface area contributed by atoms with Gasteiger partial charge in [-0.15, -0.1) is 0 Å². The molecule has 0 aliphatic heterocycles. The molecule has 0 N–H and O–H groups in total. The Morgan fingerprint density at radius 1 is 0.317 bits per heavy atom. The van der Waals surface area contributed by atoms with Gasteiger partial charge in [-0.1, -0.05) is 231 Å². The van der Waals surface area contributed by atoms with Crippen molar-refractivity contribution in [1.82, 2.24) is 0 Å². The number of unbranched alkanes of at least 4 members (excludes halogenated alkanes) is 33. The maximum absolute atomic E-state index is 12.8. The van der Waals surface area contributed by atoms with Crippen molar-refractivity contribution in [2.45, 2.75) is 297 Å². The highest BCUT2D eigenvalue weighted by Crippen LogP contribution is 2.16. The number of hydrogen-bond donors (Lipinski definition) is 0. The molecule has 0 aromatic heterocycles. The van der Waals surface area contributed by atoms with Gasteiger partial charge >= 0.3 is 17.9 Å². The van der Waals surface area contributed by atoms with Crippen LogP contribution in [0.15, 0.2) is 36.5 Å². The Hall–Kier alpha value is -2.37. The first-order valence-corrected chi connectivity index (χ1v) is 27.5. The van der Waals surface area contributed by atoms with E-state index >= 15 is 0 Å². The first kappa shape index (κ1) is 60.6. The van der Waals surface area contributed by atoms with Crippen molar-refractivity contribution in [2.24, 2.45) is 0 Å². The van der Waals surface area contributed by atoms with Crippen LogP contribution >= 0.6 is 0 Å². The average molecular weight is 885 g/mol. The fraction of sp³-hybridized carbons (Fsp3) is 0.842. The SMILES string of the molecule is CCCCC/C=C\C/C=C\CCCCCCCCCCCC(=O)OC[C@@H](COC(=O)CCCCCCCCCCCCCC)OC(=O)CCCCCCC/C=C\CCCCCCC. The van der Waals surface area contributed by atoms with E-state index in [2.05, 4.69) is 57.2 Å². The smallest absolute Gasteiger partial charge is 0.306 e. The van der Waals surface area contributed by atoms with Gasteiger partial charge in [0.25, 0.3) is 0 Å². The summed E-state index contributed by atoms with van der Waals surface area (Å²) >= 11 is 0. The van der Waals surface area contributed by atoms with Crippen molar-refractivity contribution < 1.29 is 28.6 Å². The normalized spacial score (nSPS) is 12.2. The fourth-order valence-electron chi connectivity index (χ4n) is 7.94. The monoisotopic (exact) mass is 885 g/mol. The van der Waals surface area contributed by atoms with E-state index in [1.54, 1.807) is 0 Å². The molecule has 0 aromatic rings. The summed E-state index contributed by atoms with van der Waals surface area (Å²) in [6, 6.07) is 0. The Labute approximate surface area is 391 Å². The van der Waals surface area contributed by atoms with Crippen molar-refractivity contribution in [3.8, 4) is 0 Å². The van der Waals surface area contributed by atoms with Crippen molar-refractivity contribution >= 4 is 17.9 Å². The number of ether oxygens (including phenoxy) is 3. The number of carbonyl (C=O) groups is 3. The zero-order valence-electron chi connectivity index (χ0n) is 42.1. The van der Waals surface area contributed by atoms with Crippen LogP contribution in [-0.4, -0.2) is 37.2 Å². The van der Waals surface area contributed by atoms with Crippen molar-refractivity contribution in [3.63, 3.8) is 0 Å². The Balaban J connectivity index is 4.33. The molecular weight excluding hydrogens is 781 g/mol. The maximum Gasteiger partial charge on any atom is 0.306 e. The molecule has 0 saturated carbocycles. The lowest BCUT2D eigenvalue weighted by Gasteiger charge is -2.18. The molecule has 0 bridgehead atoms. The van der Waals surface area contributed by atoms with Gasteiger partial charge in [-0.25, -0.2) is 0 Å². The third-order valence-corrected chi connectivity index (χ3v) is 12.1. The van der Waals surface area contributed by atoms with E-state index < -0.39 is 6.10 Å². The molecular formula is C57H104O6. The van der Waals surface area contributed by atoms with Gasteiger partial charge in [0, 0.05) is 19.3 Å². The molecule has 0 radical (unpaired) electrons. The largest absolute Gasteiger partial charge is 0.462 e. The molecule has 0 aliphatic rings. The van der Waals surface area contributed by atoms with Gasteiger partial charge in [-0.3, -0.25) is 14.4 Å². The van der Waals surface area contributed by atoms with Gasteiger partial charge in [-0.2, -0.15) is 0 Å². The summed E-state index contributed by atoms with van der Waals surface area (Å²) < 4.78 is 16.8. The van der Waals surface area contributed by atoms with E-state index in [0.717, 1.165) is 70.6 Å². The zero-order chi connectivity index (χ0) is 45.8. The van der Waals surface area contributed by atoms with Crippen molar-refractivity contribution in [1.29, 1.82) is 0 Å². The Bertz CT molecular complexity index is 1060. The fourth-order valence-corrected chi connectivity index (χ4v) is 7.94. The second kappa shape index (κ2) is 52.3. The Kier molecular flexibility index (Phi) is 50.3. The average Bonchev–Trinajstić information content (AvgIpc) is 3.28. The highest BCUT2D eigenvalue weighted by molar-refractivity contribution is 5.71. The molecule has 0 amide bonds. The molecule has 0 fully saturated rings. The third-order valence-electron chi connectivity index (χ3n) is 12.1. The molecule has 0 unspecified atom stereocenters. The molecule has 1 atom stereocenters. The summed E-state index contributed by atoms with van der Waals surface area (Å²) in [6.45, 7) is 6.62. The standard InChI is InChI=1S/C57H104O6/c1-4-7-10-13-16-19-22-25-27-28-29-30-31-33-35-38-41-44-47-50-56(59)62-53-54(52-61-55(58)49-46-43-40-37-34-24-21-18-15-12-9-6-3)63-57(60)51-48-45-42-39-36-32-26-23-20-17-14-11-8-5-2/h16,19,23,25-27,54H,4-15,17-18,20-22,24,28-53H2,1-3H3/b19-16-,26-23-,27-25-/t54-/m1/s1. The van der Waals surface area contributed by atoms with Crippen LogP contribution in [0, 0.1) is 0 Å². The quantitative estimate of drug-likeness (QED) is 0.0262. The molecule has 63 heavy (non-hydrogen) atoms. The zero-order valence-corrected chi connectivity index (χ0v) is 42.1. The van der Waals surface area contributed by atoms with Gasteiger partial charge in [0.1, 0.15) is 13.2 Å². The first-order chi connectivity index (χ1) is 31.0. The van der Waals surface area contributed by atoms with E-state index in [0.29, 0.717) is 19.3 Å². The number of esters is 3. The van der Waals surface area contributed by atoms with Crippen LogP contribution in [0.1, 0.15) is 290 Å². The van der Waals surface area contributed by atoms with Gasteiger partial charge in [0.2, 0.25) is 0 Å². The highest BCUT2D eigenvalue weighted by Gasteiger charge is 2.19. The van der Waals surface area contributed by atoms with Crippen molar-refractivity contribution in [2.75, 3.05) is 13.2 Å². The minimum absolute atomic E-state index is 0.0735. The minimum Gasteiger partial charge on any atom is -0.462 e. The Morgan fingerprint density at radius 2 is 0.571 bits per heavy atom. The third kappa shape index (κ3) is 50.5. The molecule has 0 spiro atoms. The van der Waals surface area contributed by atoms with E-state index in [-0.39, 0.29) is 31.1 Å². The molecule has 368 valence electrons. The molecule has 6 nitrogen and oxygen atoms in total. The first-order valence-electron chi connectivity index (χ1n) is 27.5. The second-order valence-electron chi connectivity index (χ2n) is 18.5. The van der Waals surface area contributed by atoms with E-state index in [4.69, 9.17) is 14.2 Å². The van der Waals surface area contributed by atoms with Gasteiger partial charge in [0.05, 0.1) is 0 Å². The van der Waals surface area contributed by atoms with Gasteiger partial charge in [0.15, 0.2) is 6.10 Å². The number of rotatable bonds is 50. The summed E-state index contributed by atoms with van der Waals surface area (Å²) in [6.07, 6.45) is 61.2. The number of hydrogen-bond acceptors (Lipinski definition) is 6. The van der Waals surface area contributed by atoms with Gasteiger partial charge in [-0.05, 0) is 77.0 Å². The molecule has 0 heterocycles. The minimum atomic E-state index is -0.774. The lowest BCUT2D eigenvalue weighted by atomic mass is 10.0. The predicted molar refractivity (Wildman–Crippen MR) is 270 cm³/mol. The Morgan fingerprint density at radius 3 is 0.921 bits per heavy atom. The lowest BCUT2D eigenvalue weighted by Crippen LogP contribution is -2.30.